The molecular weight excluding hydrogens is 240 g/mol. The molecule has 0 aliphatic rings. The summed E-state index contributed by atoms with van der Waals surface area (Å²) < 4.78 is 0. The van der Waals surface area contributed by atoms with Crippen molar-refractivity contribution in [1.82, 2.24) is 0 Å². The van der Waals surface area contributed by atoms with Gasteiger partial charge in [0.15, 0.2) is 0 Å². The normalized spacial score (nSPS) is 10.4. The number of rotatable bonds is 3. The Labute approximate surface area is 111 Å². The van der Waals surface area contributed by atoms with Gasteiger partial charge in [-0.05, 0) is 24.6 Å². The van der Waals surface area contributed by atoms with E-state index in [2.05, 4.69) is 10.5 Å². The van der Waals surface area contributed by atoms with Crippen molar-refractivity contribution in [2.24, 2.45) is 5.16 Å². The summed E-state index contributed by atoms with van der Waals surface area (Å²) in [4.78, 5) is 16.1. The number of aryl methyl sites for hydroxylation is 1. The predicted molar refractivity (Wildman–Crippen MR) is 75.3 cm³/mol. The van der Waals surface area contributed by atoms with Crippen molar-refractivity contribution in [3.8, 4) is 0 Å². The third-order valence-electron chi connectivity index (χ3n) is 2.43. The average molecular weight is 254 g/mol. The van der Waals surface area contributed by atoms with Crippen LogP contribution in [0.2, 0.25) is 0 Å². The first-order chi connectivity index (χ1) is 9.24. The number of amides is 1. The molecule has 0 aliphatic carbocycles. The molecule has 0 spiro atoms. The summed E-state index contributed by atoms with van der Waals surface area (Å²) in [6.45, 7) is 1.98. The Morgan fingerprint density at radius 2 is 1.79 bits per heavy atom. The van der Waals surface area contributed by atoms with Crippen LogP contribution in [0.25, 0.3) is 0 Å². The van der Waals surface area contributed by atoms with Crippen LogP contribution in [0.3, 0.4) is 0 Å². The standard InChI is InChI=1S/C15H14N2O2/c1-12-7-9-14(10-8-12)17-15(18)19-16-11-13-5-3-2-4-6-13/h2-11H,1H3,(H,17,18)/b16-11+. The van der Waals surface area contributed by atoms with Gasteiger partial charge in [-0.15, -0.1) is 0 Å². The van der Waals surface area contributed by atoms with Gasteiger partial charge < -0.3 is 0 Å². The molecule has 19 heavy (non-hydrogen) atoms. The summed E-state index contributed by atoms with van der Waals surface area (Å²) in [5.41, 5.74) is 2.66. The molecular formula is C15H14N2O2. The van der Waals surface area contributed by atoms with E-state index in [1.807, 2.05) is 49.4 Å². The molecule has 0 fully saturated rings. The lowest BCUT2D eigenvalue weighted by molar-refractivity contribution is 0.167. The monoisotopic (exact) mass is 254 g/mol. The summed E-state index contributed by atoms with van der Waals surface area (Å²) in [5.74, 6) is 0. The van der Waals surface area contributed by atoms with Gasteiger partial charge in [-0.1, -0.05) is 53.2 Å². The number of oxime groups is 1. The Bertz CT molecular complexity index is 562. The van der Waals surface area contributed by atoms with E-state index in [1.54, 1.807) is 12.1 Å². The van der Waals surface area contributed by atoms with E-state index in [9.17, 15) is 4.79 Å². The first kappa shape index (κ1) is 12.8. The van der Waals surface area contributed by atoms with Gasteiger partial charge in [-0.2, -0.15) is 0 Å². The Morgan fingerprint density at radius 3 is 2.47 bits per heavy atom. The summed E-state index contributed by atoms with van der Waals surface area (Å²) in [7, 11) is 0. The van der Waals surface area contributed by atoms with Crippen molar-refractivity contribution in [1.29, 1.82) is 0 Å². The number of hydrogen-bond acceptors (Lipinski definition) is 3. The maximum Gasteiger partial charge on any atom is 0.437 e. The summed E-state index contributed by atoms with van der Waals surface area (Å²) >= 11 is 0. The van der Waals surface area contributed by atoms with Crippen molar-refractivity contribution in [2.45, 2.75) is 6.92 Å². The van der Waals surface area contributed by atoms with Crippen molar-refractivity contribution in [3.05, 3.63) is 65.7 Å². The van der Waals surface area contributed by atoms with Crippen LogP contribution < -0.4 is 5.32 Å². The smallest absolute Gasteiger partial charge is 0.298 e. The van der Waals surface area contributed by atoms with Crippen molar-refractivity contribution in [3.63, 3.8) is 0 Å². The molecule has 0 bridgehead atoms. The van der Waals surface area contributed by atoms with Gasteiger partial charge in [-0.25, -0.2) is 4.79 Å². The van der Waals surface area contributed by atoms with Gasteiger partial charge in [0.2, 0.25) is 0 Å². The Hall–Kier alpha value is -2.62. The Balaban J connectivity index is 1.85. The van der Waals surface area contributed by atoms with Crippen molar-refractivity contribution in [2.75, 3.05) is 5.32 Å². The fourth-order valence-corrected chi connectivity index (χ4v) is 1.45. The van der Waals surface area contributed by atoms with E-state index in [0.717, 1.165) is 11.1 Å². The molecule has 0 saturated heterocycles. The molecule has 1 amide bonds. The number of anilines is 1. The van der Waals surface area contributed by atoms with Crippen LogP contribution in [0, 0.1) is 6.92 Å². The summed E-state index contributed by atoms with van der Waals surface area (Å²) in [5, 5.41) is 6.20. The largest absolute Gasteiger partial charge is 0.437 e. The summed E-state index contributed by atoms with van der Waals surface area (Å²) in [6.07, 6.45) is 0.866. The van der Waals surface area contributed by atoms with Crippen molar-refractivity contribution >= 4 is 18.0 Å². The molecule has 0 saturated carbocycles. The molecule has 4 heteroatoms. The highest BCUT2D eigenvalue weighted by Gasteiger charge is 2.01. The van der Waals surface area contributed by atoms with E-state index in [1.165, 1.54) is 6.21 Å². The molecule has 0 aromatic heterocycles. The minimum Gasteiger partial charge on any atom is -0.298 e. The molecule has 2 rings (SSSR count). The second-order valence-corrected chi connectivity index (χ2v) is 4.01. The molecule has 0 heterocycles. The maximum atomic E-state index is 11.4. The molecule has 1 N–H and O–H groups in total. The van der Waals surface area contributed by atoms with E-state index in [0.29, 0.717) is 5.69 Å². The highest BCUT2D eigenvalue weighted by atomic mass is 16.7. The minimum absolute atomic E-state index is 0.615. The van der Waals surface area contributed by atoms with Crippen LogP contribution in [0.15, 0.2) is 59.8 Å². The second kappa shape index (κ2) is 6.35. The molecule has 0 atom stereocenters. The molecule has 0 radical (unpaired) electrons. The molecule has 0 unspecified atom stereocenters. The van der Waals surface area contributed by atoms with Gasteiger partial charge >= 0.3 is 6.09 Å². The Morgan fingerprint density at radius 1 is 1.11 bits per heavy atom. The predicted octanol–water partition coefficient (Wildman–Crippen LogP) is 3.58. The first-order valence-electron chi connectivity index (χ1n) is 5.87. The quantitative estimate of drug-likeness (QED) is 0.517. The number of nitrogens with zero attached hydrogens (tertiary/aromatic N) is 1. The zero-order valence-corrected chi connectivity index (χ0v) is 10.5. The molecule has 2 aromatic carbocycles. The van der Waals surface area contributed by atoms with E-state index in [-0.39, 0.29) is 0 Å². The first-order valence-corrected chi connectivity index (χ1v) is 5.87. The zero-order chi connectivity index (χ0) is 13.5. The molecule has 0 aliphatic heterocycles. The summed E-state index contributed by atoms with van der Waals surface area (Å²) in [6, 6.07) is 16.8. The maximum absolute atomic E-state index is 11.4. The Kier molecular flexibility index (Phi) is 4.29. The lowest BCUT2D eigenvalue weighted by atomic mass is 10.2. The van der Waals surface area contributed by atoms with Gasteiger partial charge in [0.25, 0.3) is 0 Å². The molecule has 96 valence electrons. The highest BCUT2D eigenvalue weighted by Crippen LogP contribution is 2.08. The second-order valence-electron chi connectivity index (χ2n) is 4.01. The van der Waals surface area contributed by atoms with Crippen LogP contribution in [0.1, 0.15) is 11.1 Å². The van der Waals surface area contributed by atoms with E-state index < -0.39 is 6.09 Å². The van der Waals surface area contributed by atoms with Crippen LogP contribution in [0.5, 0.6) is 0 Å². The fraction of sp³-hybridized carbons (Fsp3) is 0.0667. The van der Waals surface area contributed by atoms with Crippen LogP contribution in [-0.2, 0) is 4.84 Å². The lowest BCUT2D eigenvalue weighted by Gasteiger charge is -2.02. The van der Waals surface area contributed by atoms with Crippen LogP contribution >= 0.6 is 0 Å². The molecule has 4 nitrogen and oxygen atoms in total. The lowest BCUT2D eigenvalue weighted by Crippen LogP contribution is -2.10. The SMILES string of the molecule is Cc1ccc(NC(=O)O/N=C/c2ccccc2)cc1. The van der Waals surface area contributed by atoms with Gasteiger partial charge in [-0.3, -0.25) is 10.2 Å². The fourth-order valence-electron chi connectivity index (χ4n) is 1.45. The number of carbonyl (C=O) groups is 1. The topological polar surface area (TPSA) is 50.7 Å². The average Bonchev–Trinajstić information content (AvgIpc) is 2.43. The highest BCUT2D eigenvalue weighted by molar-refractivity contribution is 5.85. The van der Waals surface area contributed by atoms with Gasteiger partial charge in [0.1, 0.15) is 0 Å². The van der Waals surface area contributed by atoms with Gasteiger partial charge in [0.05, 0.1) is 6.21 Å². The number of hydrogen-bond donors (Lipinski definition) is 1. The van der Waals surface area contributed by atoms with E-state index >= 15 is 0 Å². The number of carbonyl (C=O) groups excluding carboxylic acids is 1. The van der Waals surface area contributed by atoms with Crippen LogP contribution in [-0.4, -0.2) is 12.3 Å². The molecule has 2 aromatic rings. The minimum atomic E-state index is -0.615. The third-order valence-corrected chi connectivity index (χ3v) is 2.43. The van der Waals surface area contributed by atoms with Gasteiger partial charge in [0, 0.05) is 5.69 Å². The number of benzene rings is 2. The number of nitrogens with one attached hydrogen (secondary N) is 1. The van der Waals surface area contributed by atoms with Crippen molar-refractivity contribution < 1.29 is 9.63 Å². The third kappa shape index (κ3) is 4.27. The van der Waals surface area contributed by atoms with E-state index in [4.69, 9.17) is 4.84 Å². The van der Waals surface area contributed by atoms with Crippen LogP contribution in [0.4, 0.5) is 10.5 Å². The zero-order valence-electron chi connectivity index (χ0n) is 10.5.